The van der Waals surface area contributed by atoms with Crippen molar-refractivity contribution in [2.75, 3.05) is 31.1 Å². The molecule has 4 nitrogen and oxygen atoms in total. The molecule has 0 aliphatic carbocycles. The molecule has 0 saturated carbocycles. The molecule has 0 radical (unpaired) electrons. The Morgan fingerprint density at radius 1 is 1.19 bits per heavy atom. The smallest absolute Gasteiger partial charge is 0.255 e. The molecule has 4 heterocycles. The minimum atomic E-state index is 0.120. The molecule has 2 aliphatic heterocycles. The maximum atomic E-state index is 12.6. The SMILES string of the molecule is CC1CCN(C(=O)c2ccc(N3CC=C(c4cccs4)CC3)nc2)CC1. The van der Waals surface area contributed by atoms with Gasteiger partial charge in [0.15, 0.2) is 0 Å². The predicted molar refractivity (Wildman–Crippen MR) is 108 cm³/mol. The first kappa shape index (κ1) is 17.3. The molecule has 2 aromatic rings. The van der Waals surface area contributed by atoms with Gasteiger partial charge in [0.25, 0.3) is 5.91 Å². The number of thiophene rings is 1. The van der Waals surface area contributed by atoms with Crippen LogP contribution in [0.3, 0.4) is 0 Å². The molecular weight excluding hydrogens is 342 g/mol. The van der Waals surface area contributed by atoms with E-state index in [9.17, 15) is 4.79 Å². The standard InChI is InChI=1S/C21H25N3OS/c1-16-6-10-24(11-7-16)21(25)18-4-5-20(22-15-18)23-12-8-17(9-13-23)19-3-2-14-26-19/h2-5,8,14-16H,6-7,9-13H2,1H3. The summed E-state index contributed by atoms with van der Waals surface area (Å²) >= 11 is 1.80. The van der Waals surface area contributed by atoms with Crippen molar-refractivity contribution >= 4 is 28.6 Å². The van der Waals surface area contributed by atoms with Gasteiger partial charge in [0.1, 0.15) is 5.82 Å². The Balaban J connectivity index is 1.40. The van der Waals surface area contributed by atoms with Crippen LogP contribution >= 0.6 is 11.3 Å². The van der Waals surface area contributed by atoms with E-state index in [0.29, 0.717) is 5.56 Å². The number of rotatable bonds is 3. The van der Waals surface area contributed by atoms with Crippen LogP contribution in [0.15, 0.2) is 41.9 Å². The molecule has 26 heavy (non-hydrogen) atoms. The molecule has 2 aromatic heterocycles. The zero-order chi connectivity index (χ0) is 17.9. The maximum Gasteiger partial charge on any atom is 0.255 e. The van der Waals surface area contributed by atoms with Gasteiger partial charge in [-0.2, -0.15) is 0 Å². The van der Waals surface area contributed by atoms with Gasteiger partial charge in [-0.25, -0.2) is 4.98 Å². The number of nitrogens with zero attached hydrogens (tertiary/aromatic N) is 3. The van der Waals surface area contributed by atoms with Crippen molar-refractivity contribution in [3.8, 4) is 0 Å². The van der Waals surface area contributed by atoms with Crippen molar-refractivity contribution in [1.82, 2.24) is 9.88 Å². The van der Waals surface area contributed by atoms with Crippen LogP contribution < -0.4 is 4.90 Å². The van der Waals surface area contributed by atoms with E-state index in [0.717, 1.165) is 57.2 Å². The molecule has 1 fully saturated rings. The third-order valence-corrected chi connectivity index (χ3v) is 6.38. The Kier molecular flexibility index (Phi) is 5.07. The zero-order valence-electron chi connectivity index (χ0n) is 15.2. The average molecular weight is 368 g/mol. The maximum absolute atomic E-state index is 12.6. The summed E-state index contributed by atoms with van der Waals surface area (Å²) in [7, 11) is 0. The fourth-order valence-corrected chi connectivity index (χ4v) is 4.45. The highest BCUT2D eigenvalue weighted by atomic mass is 32.1. The van der Waals surface area contributed by atoms with Crippen molar-refractivity contribution in [1.29, 1.82) is 0 Å². The van der Waals surface area contributed by atoms with Crippen molar-refractivity contribution in [3.05, 3.63) is 52.4 Å². The predicted octanol–water partition coefficient (Wildman–Crippen LogP) is 4.31. The first-order valence-corrected chi connectivity index (χ1v) is 10.3. The van der Waals surface area contributed by atoms with Gasteiger partial charge >= 0.3 is 0 Å². The van der Waals surface area contributed by atoms with Crippen LogP contribution in [0.25, 0.3) is 5.57 Å². The van der Waals surface area contributed by atoms with E-state index < -0.39 is 0 Å². The highest BCUT2D eigenvalue weighted by molar-refractivity contribution is 7.11. The Labute approximate surface area is 159 Å². The number of likely N-dealkylation sites (tertiary alicyclic amines) is 1. The van der Waals surface area contributed by atoms with Crippen LogP contribution in [-0.2, 0) is 0 Å². The van der Waals surface area contributed by atoms with Gasteiger partial charge in [0.2, 0.25) is 0 Å². The molecular formula is C21H25N3OS. The Bertz CT molecular complexity index is 774. The molecule has 0 unspecified atom stereocenters. The number of anilines is 1. The number of aromatic nitrogens is 1. The van der Waals surface area contributed by atoms with E-state index >= 15 is 0 Å². The number of piperidine rings is 1. The first-order chi connectivity index (χ1) is 12.7. The third kappa shape index (κ3) is 3.68. The molecule has 0 bridgehead atoms. The fourth-order valence-electron chi connectivity index (χ4n) is 3.66. The average Bonchev–Trinajstić information content (AvgIpc) is 3.23. The lowest BCUT2D eigenvalue weighted by molar-refractivity contribution is 0.0697. The Morgan fingerprint density at radius 3 is 2.65 bits per heavy atom. The van der Waals surface area contributed by atoms with E-state index in [1.807, 2.05) is 17.0 Å². The van der Waals surface area contributed by atoms with Gasteiger partial charge in [-0.1, -0.05) is 19.1 Å². The summed E-state index contributed by atoms with van der Waals surface area (Å²) in [6.45, 7) is 5.83. The largest absolute Gasteiger partial charge is 0.353 e. The van der Waals surface area contributed by atoms with Gasteiger partial charge in [-0.3, -0.25) is 4.79 Å². The molecule has 0 spiro atoms. The van der Waals surface area contributed by atoms with Crippen LogP contribution in [0.5, 0.6) is 0 Å². The second-order valence-electron chi connectivity index (χ2n) is 7.28. The molecule has 5 heteroatoms. The quantitative estimate of drug-likeness (QED) is 0.811. The lowest BCUT2D eigenvalue weighted by Gasteiger charge is -2.30. The lowest BCUT2D eigenvalue weighted by Crippen LogP contribution is -2.38. The summed E-state index contributed by atoms with van der Waals surface area (Å²) in [6, 6.07) is 8.21. The van der Waals surface area contributed by atoms with Crippen LogP contribution in [0.4, 0.5) is 5.82 Å². The molecule has 136 valence electrons. The number of carbonyl (C=O) groups excluding carboxylic acids is 1. The molecule has 0 aromatic carbocycles. The van der Waals surface area contributed by atoms with E-state index in [2.05, 4.69) is 40.4 Å². The highest BCUT2D eigenvalue weighted by Gasteiger charge is 2.22. The van der Waals surface area contributed by atoms with Crippen molar-refractivity contribution in [3.63, 3.8) is 0 Å². The minimum Gasteiger partial charge on any atom is -0.353 e. The van der Waals surface area contributed by atoms with Gasteiger partial charge in [-0.15, -0.1) is 11.3 Å². The second kappa shape index (κ2) is 7.62. The van der Waals surface area contributed by atoms with Crippen LogP contribution in [-0.4, -0.2) is 42.0 Å². The Hall–Kier alpha value is -2.14. The third-order valence-electron chi connectivity index (χ3n) is 5.44. The van der Waals surface area contributed by atoms with E-state index in [4.69, 9.17) is 0 Å². The second-order valence-corrected chi connectivity index (χ2v) is 8.23. The molecule has 1 amide bonds. The summed E-state index contributed by atoms with van der Waals surface area (Å²) in [6.07, 6.45) is 7.28. The topological polar surface area (TPSA) is 36.4 Å². The summed E-state index contributed by atoms with van der Waals surface area (Å²) < 4.78 is 0. The lowest BCUT2D eigenvalue weighted by atomic mass is 9.99. The molecule has 4 rings (SSSR count). The summed E-state index contributed by atoms with van der Waals surface area (Å²) in [5, 5.41) is 2.13. The molecule has 0 N–H and O–H groups in total. The minimum absolute atomic E-state index is 0.120. The van der Waals surface area contributed by atoms with Gasteiger partial charge in [0.05, 0.1) is 5.56 Å². The summed E-state index contributed by atoms with van der Waals surface area (Å²) in [5.74, 6) is 1.80. The van der Waals surface area contributed by atoms with Gasteiger partial charge in [-0.05, 0) is 54.3 Å². The Morgan fingerprint density at radius 2 is 2.04 bits per heavy atom. The van der Waals surface area contributed by atoms with Crippen molar-refractivity contribution in [2.24, 2.45) is 5.92 Å². The zero-order valence-corrected chi connectivity index (χ0v) is 16.0. The highest BCUT2D eigenvalue weighted by Crippen LogP contribution is 2.28. The van der Waals surface area contributed by atoms with E-state index in [-0.39, 0.29) is 5.91 Å². The van der Waals surface area contributed by atoms with E-state index in [1.165, 1.54) is 10.5 Å². The van der Waals surface area contributed by atoms with Crippen molar-refractivity contribution in [2.45, 2.75) is 26.2 Å². The molecule has 0 atom stereocenters. The van der Waals surface area contributed by atoms with Gasteiger partial charge in [0, 0.05) is 37.3 Å². The first-order valence-electron chi connectivity index (χ1n) is 9.44. The fraction of sp³-hybridized carbons (Fsp3) is 0.429. The summed E-state index contributed by atoms with van der Waals surface area (Å²) in [4.78, 5) is 22.8. The van der Waals surface area contributed by atoms with Crippen LogP contribution in [0.1, 0.15) is 41.4 Å². The molecule has 2 aliphatic rings. The van der Waals surface area contributed by atoms with Crippen molar-refractivity contribution < 1.29 is 4.79 Å². The molecule has 1 saturated heterocycles. The normalized spacial score (nSPS) is 18.7. The van der Waals surface area contributed by atoms with E-state index in [1.54, 1.807) is 17.5 Å². The van der Waals surface area contributed by atoms with Gasteiger partial charge < -0.3 is 9.80 Å². The van der Waals surface area contributed by atoms with Crippen LogP contribution in [0.2, 0.25) is 0 Å². The number of pyridine rings is 1. The van der Waals surface area contributed by atoms with Crippen LogP contribution in [0, 0.1) is 5.92 Å². The number of hydrogen-bond acceptors (Lipinski definition) is 4. The summed E-state index contributed by atoms with van der Waals surface area (Å²) in [5.41, 5.74) is 2.14. The number of amides is 1. The number of hydrogen-bond donors (Lipinski definition) is 0. The monoisotopic (exact) mass is 367 g/mol. The number of carbonyl (C=O) groups is 1.